The SMILES string of the molecule is CCCCCCOc1ccccc1NC(=O)OC(COCCOCC)CN1CCCCCC1.O=C(O)C(=O)O. The normalized spacial score (nSPS) is 14.3. The fraction of sp³-hybridized carbons (Fsp3) is 0.679. The van der Waals surface area contributed by atoms with Gasteiger partial charge in [-0.2, -0.15) is 0 Å². The van der Waals surface area contributed by atoms with Crippen molar-refractivity contribution in [1.29, 1.82) is 0 Å². The summed E-state index contributed by atoms with van der Waals surface area (Å²) >= 11 is 0. The number of unbranched alkanes of at least 4 members (excludes halogenated alkanes) is 3. The molecule has 39 heavy (non-hydrogen) atoms. The molecule has 1 aromatic carbocycles. The van der Waals surface area contributed by atoms with Crippen molar-refractivity contribution in [1.82, 2.24) is 4.90 Å². The van der Waals surface area contributed by atoms with Crippen molar-refractivity contribution in [3.05, 3.63) is 24.3 Å². The Morgan fingerprint density at radius 1 is 0.897 bits per heavy atom. The zero-order chi connectivity index (χ0) is 28.7. The number of likely N-dealkylation sites (tertiary alicyclic amines) is 1. The molecule has 2 rings (SSSR count). The van der Waals surface area contributed by atoms with Crippen molar-refractivity contribution in [2.75, 3.05) is 58.0 Å². The third-order valence-corrected chi connectivity index (χ3v) is 5.88. The average molecular weight is 555 g/mol. The number of amides is 1. The highest BCUT2D eigenvalue weighted by Crippen LogP contribution is 2.24. The van der Waals surface area contributed by atoms with Gasteiger partial charge in [-0.05, 0) is 51.4 Å². The van der Waals surface area contributed by atoms with Gasteiger partial charge in [0.2, 0.25) is 0 Å². The lowest BCUT2D eigenvalue weighted by molar-refractivity contribution is -0.159. The third-order valence-electron chi connectivity index (χ3n) is 5.88. The van der Waals surface area contributed by atoms with Crippen LogP contribution in [0.4, 0.5) is 10.5 Å². The number of benzene rings is 1. The first-order valence-electron chi connectivity index (χ1n) is 13.9. The Kier molecular flexibility index (Phi) is 19.2. The van der Waals surface area contributed by atoms with E-state index in [0.29, 0.717) is 51.0 Å². The Bertz CT molecular complexity index is 802. The molecule has 0 radical (unpaired) electrons. The van der Waals surface area contributed by atoms with Crippen LogP contribution in [0, 0.1) is 0 Å². The minimum Gasteiger partial charge on any atom is -0.491 e. The first kappa shape index (κ1) is 34.1. The fourth-order valence-electron chi connectivity index (χ4n) is 3.91. The summed E-state index contributed by atoms with van der Waals surface area (Å²) in [6.45, 7) is 9.59. The highest BCUT2D eigenvalue weighted by molar-refractivity contribution is 6.27. The molecule has 3 N–H and O–H groups in total. The number of aliphatic carboxylic acids is 2. The van der Waals surface area contributed by atoms with Gasteiger partial charge in [0.1, 0.15) is 11.9 Å². The molecule has 1 heterocycles. The van der Waals surface area contributed by atoms with E-state index in [0.717, 1.165) is 25.9 Å². The summed E-state index contributed by atoms with van der Waals surface area (Å²) in [6, 6.07) is 7.50. The predicted molar refractivity (Wildman–Crippen MR) is 147 cm³/mol. The lowest BCUT2D eigenvalue weighted by atomic mass is 10.2. The maximum absolute atomic E-state index is 12.7. The Morgan fingerprint density at radius 2 is 1.56 bits per heavy atom. The van der Waals surface area contributed by atoms with Crippen molar-refractivity contribution >= 4 is 23.7 Å². The van der Waals surface area contributed by atoms with Crippen LogP contribution in [-0.2, 0) is 23.8 Å². The number of hydrogen-bond acceptors (Lipinski definition) is 8. The predicted octanol–water partition coefficient (Wildman–Crippen LogP) is 4.65. The van der Waals surface area contributed by atoms with Crippen molar-refractivity contribution in [3.8, 4) is 5.75 Å². The summed E-state index contributed by atoms with van der Waals surface area (Å²) in [4.78, 5) is 33.3. The van der Waals surface area contributed by atoms with Crippen molar-refractivity contribution in [3.63, 3.8) is 0 Å². The maximum atomic E-state index is 12.7. The molecule has 1 fully saturated rings. The van der Waals surface area contributed by atoms with Gasteiger partial charge in [-0.25, -0.2) is 14.4 Å². The summed E-state index contributed by atoms with van der Waals surface area (Å²) in [5, 5.41) is 17.7. The van der Waals surface area contributed by atoms with Gasteiger partial charge in [0.05, 0.1) is 32.1 Å². The molecule has 0 aromatic heterocycles. The van der Waals surface area contributed by atoms with Gasteiger partial charge in [0, 0.05) is 13.2 Å². The smallest absolute Gasteiger partial charge is 0.414 e. The van der Waals surface area contributed by atoms with Crippen molar-refractivity contribution < 1.29 is 43.5 Å². The van der Waals surface area contributed by atoms with E-state index in [1.165, 1.54) is 38.5 Å². The summed E-state index contributed by atoms with van der Waals surface area (Å²) in [5.74, 6) is -2.98. The highest BCUT2D eigenvalue weighted by atomic mass is 16.6. The number of para-hydroxylation sites is 2. The van der Waals surface area contributed by atoms with Crippen LogP contribution in [0.15, 0.2) is 24.3 Å². The third kappa shape index (κ3) is 17.3. The second-order valence-electron chi connectivity index (χ2n) is 9.15. The molecule has 1 saturated heterocycles. The molecule has 1 aliphatic rings. The van der Waals surface area contributed by atoms with Crippen molar-refractivity contribution in [2.24, 2.45) is 0 Å². The maximum Gasteiger partial charge on any atom is 0.414 e. The summed E-state index contributed by atoms with van der Waals surface area (Å²) in [7, 11) is 0. The van der Waals surface area contributed by atoms with Gasteiger partial charge in [-0.15, -0.1) is 0 Å². The van der Waals surface area contributed by atoms with Crippen LogP contribution < -0.4 is 10.1 Å². The topological polar surface area (TPSA) is 144 Å². The molecule has 0 saturated carbocycles. The molecule has 0 aliphatic carbocycles. The standard InChI is InChI=1S/C26H44N2O5.C2H2O4/c1-3-5-6-13-18-32-25-15-10-9-14-24(25)27-26(29)33-23(22-31-20-19-30-4-2)21-28-16-11-7-8-12-17-28;3-1(4)2(5)6/h9-10,14-15,23H,3-8,11-13,16-22H2,1-2H3,(H,27,29);(H,3,4)(H,5,6). The lowest BCUT2D eigenvalue weighted by Gasteiger charge is -2.26. The summed E-state index contributed by atoms with van der Waals surface area (Å²) in [5.41, 5.74) is 0.628. The number of ether oxygens (including phenoxy) is 4. The van der Waals surface area contributed by atoms with Crippen LogP contribution in [-0.4, -0.2) is 91.9 Å². The molecular weight excluding hydrogens is 508 g/mol. The highest BCUT2D eigenvalue weighted by Gasteiger charge is 2.21. The second-order valence-corrected chi connectivity index (χ2v) is 9.15. The Hall–Kier alpha value is -2.89. The number of nitrogens with zero attached hydrogens (tertiary/aromatic N) is 1. The van der Waals surface area contributed by atoms with Crippen LogP contribution >= 0.6 is 0 Å². The number of anilines is 1. The first-order chi connectivity index (χ1) is 18.9. The van der Waals surface area contributed by atoms with E-state index in [1.807, 2.05) is 31.2 Å². The Morgan fingerprint density at radius 3 is 2.21 bits per heavy atom. The quantitative estimate of drug-likeness (QED) is 0.195. The Balaban J connectivity index is 0.00000113. The van der Waals surface area contributed by atoms with E-state index in [-0.39, 0.29) is 6.10 Å². The van der Waals surface area contributed by atoms with Gasteiger partial charge >= 0.3 is 18.0 Å². The molecule has 11 nitrogen and oxygen atoms in total. The van der Waals surface area contributed by atoms with Gasteiger partial charge in [0.25, 0.3) is 0 Å². The number of nitrogens with one attached hydrogen (secondary N) is 1. The molecule has 1 aromatic rings. The number of carboxylic acid groups (broad SMARTS) is 2. The van der Waals surface area contributed by atoms with Crippen LogP contribution in [0.3, 0.4) is 0 Å². The van der Waals surface area contributed by atoms with E-state index in [1.54, 1.807) is 0 Å². The molecule has 1 amide bonds. The first-order valence-corrected chi connectivity index (χ1v) is 13.9. The molecule has 1 atom stereocenters. The lowest BCUT2D eigenvalue weighted by Crippen LogP contribution is -2.39. The number of rotatable bonds is 16. The average Bonchev–Trinajstić information content (AvgIpc) is 3.18. The molecule has 0 spiro atoms. The van der Waals surface area contributed by atoms with Gasteiger partial charge in [0.15, 0.2) is 0 Å². The minimum atomic E-state index is -1.82. The summed E-state index contributed by atoms with van der Waals surface area (Å²) < 4.78 is 22.8. The van der Waals surface area contributed by atoms with Crippen LogP contribution in [0.5, 0.6) is 5.75 Å². The van der Waals surface area contributed by atoms with E-state index in [9.17, 15) is 4.79 Å². The number of carbonyl (C=O) groups excluding carboxylic acids is 1. The van der Waals surface area contributed by atoms with E-state index >= 15 is 0 Å². The van der Waals surface area contributed by atoms with E-state index in [2.05, 4.69) is 17.1 Å². The molecule has 11 heteroatoms. The zero-order valence-electron chi connectivity index (χ0n) is 23.4. The second kappa shape index (κ2) is 22.0. The van der Waals surface area contributed by atoms with Gasteiger partial charge in [-0.1, -0.05) is 51.2 Å². The molecule has 1 aliphatic heterocycles. The van der Waals surface area contributed by atoms with Crippen LogP contribution in [0.25, 0.3) is 0 Å². The summed E-state index contributed by atoms with van der Waals surface area (Å²) in [6.07, 6.45) is 8.64. The molecular formula is C28H46N2O9. The number of carboxylic acids is 2. The molecule has 0 bridgehead atoms. The number of carbonyl (C=O) groups is 3. The molecule has 222 valence electrons. The van der Waals surface area contributed by atoms with Gasteiger partial charge in [-0.3, -0.25) is 10.2 Å². The number of hydrogen-bond donors (Lipinski definition) is 3. The monoisotopic (exact) mass is 554 g/mol. The van der Waals surface area contributed by atoms with E-state index in [4.69, 9.17) is 38.7 Å². The van der Waals surface area contributed by atoms with Crippen molar-refractivity contribution in [2.45, 2.75) is 71.3 Å². The minimum absolute atomic E-state index is 0.341. The van der Waals surface area contributed by atoms with Gasteiger partial charge < -0.3 is 29.2 Å². The van der Waals surface area contributed by atoms with Crippen LogP contribution in [0.2, 0.25) is 0 Å². The van der Waals surface area contributed by atoms with E-state index < -0.39 is 18.0 Å². The Labute approximate surface area is 231 Å². The fourth-order valence-corrected chi connectivity index (χ4v) is 3.91. The zero-order valence-corrected chi connectivity index (χ0v) is 23.4. The van der Waals surface area contributed by atoms with Crippen LogP contribution in [0.1, 0.15) is 65.2 Å². The molecule has 1 unspecified atom stereocenters. The largest absolute Gasteiger partial charge is 0.491 e.